The van der Waals surface area contributed by atoms with Gasteiger partial charge in [-0.25, -0.2) is 0 Å². The molecule has 7 heteroatoms. The minimum atomic E-state index is -4.35. The Morgan fingerprint density at radius 2 is 2.00 bits per heavy atom. The fraction of sp³-hybridized carbons (Fsp3) is 0.650. The summed E-state index contributed by atoms with van der Waals surface area (Å²) in [6, 6.07) is 5.81. The molecule has 1 aliphatic carbocycles. The molecule has 0 radical (unpaired) electrons. The Morgan fingerprint density at radius 3 is 2.74 bits per heavy atom. The summed E-state index contributed by atoms with van der Waals surface area (Å²) in [5, 5.41) is 6.42. The lowest BCUT2D eigenvalue weighted by molar-refractivity contribution is -0.137. The number of halogens is 3. The molecule has 3 nitrogen and oxygen atoms in total. The number of nitrogens with zero attached hydrogens (tertiary/aromatic N) is 1. The lowest BCUT2D eigenvalue weighted by Crippen LogP contribution is -2.41. The highest BCUT2D eigenvalue weighted by molar-refractivity contribution is 7.80. The number of nitrogens with one attached hydrogen (secondary N) is 2. The molecule has 0 aromatic heterocycles. The molecule has 1 aliphatic heterocycles. The van der Waals surface area contributed by atoms with Gasteiger partial charge in [0.1, 0.15) is 0 Å². The number of hydrogen-bond acceptors (Lipinski definition) is 2. The molecular formula is C20H28F3N3S. The van der Waals surface area contributed by atoms with Crippen molar-refractivity contribution in [3.05, 3.63) is 29.8 Å². The van der Waals surface area contributed by atoms with E-state index in [1.165, 1.54) is 31.7 Å². The van der Waals surface area contributed by atoms with Gasteiger partial charge < -0.3 is 10.6 Å². The first kappa shape index (κ1) is 20.4. The Morgan fingerprint density at radius 1 is 1.22 bits per heavy atom. The topological polar surface area (TPSA) is 27.3 Å². The Balaban J connectivity index is 1.45. The van der Waals surface area contributed by atoms with Gasteiger partial charge in [-0.1, -0.05) is 25.8 Å². The van der Waals surface area contributed by atoms with Gasteiger partial charge in [0.25, 0.3) is 0 Å². The first-order chi connectivity index (χ1) is 12.8. The van der Waals surface area contributed by atoms with Crippen molar-refractivity contribution >= 4 is 23.0 Å². The second-order valence-corrected chi connectivity index (χ2v) is 8.30. The Bertz CT molecular complexity index is 650. The SMILES string of the molecule is CC1CCCCC1N1CCC(CNC(=S)Nc2cccc(C(F)(F)F)c2)C1. The number of hydrogen-bond donors (Lipinski definition) is 2. The summed E-state index contributed by atoms with van der Waals surface area (Å²) < 4.78 is 38.4. The first-order valence-corrected chi connectivity index (χ1v) is 10.2. The number of likely N-dealkylation sites (tertiary alicyclic amines) is 1. The van der Waals surface area contributed by atoms with Crippen LogP contribution in [0.4, 0.5) is 18.9 Å². The minimum Gasteiger partial charge on any atom is -0.362 e. The minimum absolute atomic E-state index is 0.353. The third-order valence-corrected chi connectivity index (χ3v) is 6.10. The number of rotatable bonds is 4. The van der Waals surface area contributed by atoms with Gasteiger partial charge in [-0.05, 0) is 68.1 Å². The van der Waals surface area contributed by atoms with Gasteiger partial charge >= 0.3 is 6.18 Å². The zero-order valence-electron chi connectivity index (χ0n) is 15.7. The van der Waals surface area contributed by atoms with Crippen LogP contribution in [0, 0.1) is 11.8 Å². The molecule has 2 aliphatic rings. The highest BCUT2D eigenvalue weighted by Crippen LogP contribution is 2.32. The van der Waals surface area contributed by atoms with Crippen LogP contribution in [-0.2, 0) is 6.18 Å². The lowest BCUT2D eigenvalue weighted by Gasteiger charge is -2.36. The van der Waals surface area contributed by atoms with Crippen LogP contribution < -0.4 is 10.6 Å². The van der Waals surface area contributed by atoms with Crippen LogP contribution in [0.2, 0.25) is 0 Å². The van der Waals surface area contributed by atoms with Crippen molar-refractivity contribution in [2.75, 3.05) is 25.0 Å². The van der Waals surface area contributed by atoms with E-state index in [9.17, 15) is 13.2 Å². The molecular weight excluding hydrogens is 371 g/mol. The Kier molecular flexibility index (Phi) is 6.63. The number of thiocarbonyl (C=S) groups is 1. The van der Waals surface area contributed by atoms with Crippen LogP contribution >= 0.6 is 12.2 Å². The van der Waals surface area contributed by atoms with Gasteiger partial charge in [0.2, 0.25) is 0 Å². The van der Waals surface area contributed by atoms with Gasteiger partial charge in [-0.2, -0.15) is 13.2 Å². The van der Waals surface area contributed by atoms with E-state index in [0.29, 0.717) is 22.8 Å². The van der Waals surface area contributed by atoms with Crippen molar-refractivity contribution in [3.8, 4) is 0 Å². The standard InChI is InChI=1S/C20H28F3N3S/c1-14-5-2-3-8-18(14)26-10-9-15(13-26)12-24-19(27)25-17-7-4-6-16(11-17)20(21,22)23/h4,6-7,11,14-15,18H,2-3,5,8-10,12-13H2,1H3,(H2,24,25,27). The molecule has 1 aromatic rings. The molecule has 1 aromatic carbocycles. The normalized spacial score (nSPS) is 26.7. The summed E-state index contributed by atoms with van der Waals surface area (Å²) in [6.45, 7) is 5.33. The molecule has 27 heavy (non-hydrogen) atoms. The molecule has 0 amide bonds. The second kappa shape index (κ2) is 8.78. The van der Waals surface area contributed by atoms with Gasteiger partial charge in [0.15, 0.2) is 5.11 Å². The van der Waals surface area contributed by atoms with E-state index in [2.05, 4.69) is 22.5 Å². The fourth-order valence-electron chi connectivity index (χ4n) is 4.36. The second-order valence-electron chi connectivity index (χ2n) is 7.89. The number of anilines is 1. The van der Waals surface area contributed by atoms with E-state index in [-0.39, 0.29) is 0 Å². The maximum atomic E-state index is 12.8. The predicted molar refractivity (Wildman–Crippen MR) is 107 cm³/mol. The fourth-order valence-corrected chi connectivity index (χ4v) is 4.56. The average molecular weight is 400 g/mol. The van der Waals surface area contributed by atoms with Crippen LogP contribution in [0.3, 0.4) is 0 Å². The molecule has 2 N–H and O–H groups in total. The highest BCUT2D eigenvalue weighted by atomic mass is 32.1. The number of alkyl halides is 3. The summed E-state index contributed by atoms with van der Waals surface area (Å²) >= 11 is 5.26. The van der Waals surface area contributed by atoms with Crippen molar-refractivity contribution in [1.82, 2.24) is 10.2 Å². The molecule has 1 saturated carbocycles. The van der Waals surface area contributed by atoms with E-state index < -0.39 is 11.7 Å². The van der Waals surface area contributed by atoms with Crippen LogP contribution in [0.1, 0.15) is 44.6 Å². The Hall–Kier alpha value is -1.34. The monoisotopic (exact) mass is 399 g/mol. The smallest absolute Gasteiger partial charge is 0.362 e. The van der Waals surface area contributed by atoms with E-state index >= 15 is 0 Å². The molecule has 3 atom stereocenters. The van der Waals surface area contributed by atoms with Crippen molar-refractivity contribution in [1.29, 1.82) is 0 Å². The third-order valence-electron chi connectivity index (χ3n) is 5.85. The van der Waals surface area contributed by atoms with Crippen molar-refractivity contribution in [2.24, 2.45) is 11.8 Å². The first-order valence-electron chi connectivity index (χ1n) is 9.79. The van der Waals surface area contributed by atoms with Crippen LogP contribution in [0.25, 0.3) is 0 Å². The van der Waals surface area contributed by atoms with Crippen molar-refractivity contribution in [2.45, 2.75) is 51.2 Å². The van der Waals surface area contributed by atoms with Gasteiger partial charge in [-0.3, -0.25) is 4.90 Å². The highest BCUT2D eigenvalue weighted by Gasteiger charge is 2.32. The molecule has 1 heterocycles. The largest absolute Gasteiger partial charge is 0.416 e. The van der Waals surface area contributed by atoms with Crippen LogP contribution in [-0.4, -0.2) is 35.7 Å². The van der Waals surface area contributed by atoms with Crippen LogP contribution in [0.5, 0.6) is 0 Å². The number of benzene rings is 1. The van der Waals surface area contributed by atoms with Crippen molar-refractivity contribution in [3.63, 3.8) is 0 Å². The summed E-state index contributed by atoms with van der Waals surface area (Å²) in [7, 11) is 0. The molecule has 2 fully saturated rings. The van der Waals surface area contributed by atoms with Crippen LogP contribution in [0.15, 0.2) is 24.3 Å². The molecule has 3 unspecified atom stereocenters. The third kappa shape index (κ3) is 5.57. The summed E-state index contributed by atoms with van der Waals surface area (Å²) in [4.78, 5) is 2.62. The lowest BCUT2D eigenvalue weighted by atomic mass is 9.85. The average Bonchev–Trinajstić information content (AvgIpc) is 3.09. The van der Waals surface area contributed by atoms with Gasteiger partial charge in [0.05, 0.1) is 5.56 Å². The van der Waals surface area contributed by atoms with E-state index in [0.717, 1.165) is 44.1 Å². The molecule has 3 rings (SSSR count). The summed E-state index contributed by atoms with van der Waals surface area (Å²) in [5.74, 6) is 1.30. The molecule has 150 valence electrons. The summed E-state index contributed by atoms with van der Waals surface area (Å²) in [6.07, 6.45) is 2.11. The van der Waals surface area contributed by atoms with Crippen molar-refractivity contribution < 1.29 is 13.2 Å². The van der Waals surface area contributed by atoms with E-state index in [4.69, 9.17) is 12.2 Å². The Labute approximate surface area is 164 Å². The quantitative estimate of drug-likeness (QED) is 0.705. The zero-order valence-corrected chi connectivity index (χ0v) is 16.5. The molecule has 0 spiro atoms. The predicted octanol–water partition coefficient (Wildman–Crippen LogP) is 4.89. The maximum absolute atomic E-state index is 12.8. The maximum Gasteiger partial charge on any atom is 0.416 e. The molecule has 1 saturated heterocycles. The summed E-state index contributed by atoms with van der Waals surface area (Å²) in [5.41, 5.74) is -0.324. The van der Waals surface area contributed by atoms with E-state index in [1.54, 1.807) is 6.07 Å². The van der Waals surface area contributed by atoms with Gasteiger partial charge in [-0.15, -0.1) is 0 Å². The molecule has 0 bridgehead atoms. The van der Waals surface area contributed by atoms with E-state index in [1.807, 2.05) is 0 Å². The van der Waals surface area contributed by atoms with Gasteiger partial charge in [0, 0.05) is 24.8 Å². The zero-order chi connectivity index (χ0) is 19.4.